The molecule has 0 radical (unpaired) electrons. The van der Waals surface area contributed by atoms with Gasteiger partial charge in [0.15, 0.2) is 0 Å². The zero-order chi connectivity index (χ0) is 19.4. The van der Waals surface area contributed by atoms with Crippen LogP contribution < -0.4 is 10.6 Å². The molecule has 3 aromatic rings. The molecule has 0 bridgehead atoms. The summed E-state index contributed by atoms with van der Waals surface area (Å²) < 4.78 is 0. The van der Waals surface area contributed by atoms with E-state index in [-0.39, 0.29) is 24.8 Å². The first kappa shape index (κ1) is 18.6. The van der Waals surface area contributed by atoms with Gasteiger partial charge in [-0.15, -0.1) is 0 Å². The van der Waals surface area contributed by atoms with Gasteiger partial charge in [0.1, 0.15) is 0 Å². The van der Waals surface area contributed by atoms with Crippen molar-refractivity contribution in [2.24, 2.45) is 0 Å². The van der Waals surface area contributed by atoms with Gasteiger partial charge in [-0.1, -0.05) is 60.2 Å². The van der Waals surface area contributed by atoms with Crippen molar-refractivity contribution in [3.8, 4) is 0 Å². The number of aryl methyl sites for hydroxylation is 3. The van der Waals surface area contributed by atoms with Gasteiger partial charge in [0.05, 0.1) is 13.0 Å². The summed E-state index contributed by atoms with van der Waals surface area (Å²) >= 11 is 0. The summed E-state index contributed by atoms with van der Waals surface area (Å²) in [5.74, 6) is -0.394. The molecule has 0 aliphatic rings. The lowest BCUT2D eigenvalue weighted by Crippen LogP contribution is -2.34. The van der Waals surface area contributed by atoms with Gasteiger partial charge in [0.2, 0.25) is 11.8 Å². The van der Waals surface area contributed by atoms with Crippen LogP contribution in [0.4, 0.5) is 5.69 Å². The average Bonchev–Trinajstić information content (AvgIpc) is 2.63. The van der Waals surface area contributed by atoms with Gasteiger partial charge in [-0.05, 0) is 48.2 Å². The second-order valence-electron chi connectivity index (χ2n) is 6.96. The molecule has 2 N–H and O–H groups in total. The van der Waals surface area contributed by atoms with Crippen LogP contribution in [0.3, 0.4) is 0 Å². The minimum atomic E-state index is -0.225. The van der Waals surface area contributed by atoms with Crippen LogP contribution in [0, 0.1) is 20.8 Å². The first-order chi connectivity index (χ1) is 12.9. The Hall–Kier alpha value is -3.14. The van der Waals surface area contributed by atoms with E-state index in [9.17, 15) is 9.59 Å². The zero-order valence-corrected chi connectivity index (χ0v) is 15.9. The van der Waals surface area contributed by atoms with Gasteiger partial charge in [0.25, 0.3) is 0 Å². The van der Waals surface area contributed by atoms with E-state index in [4.69, 9.17) is 0 Å². The number of hydrogen-bond acceptors (Lipinski definition) is 2. The highest BCUT2D eigenvalue weighted by Gasteiger charge is 2.10. The maximum Gasteiger partial charge on any atom is 0.243 e. The molecular formula is C23H24N2O2. The van der Waals surface area contributed by atoms with Gasteiger partial charge in [-0.3, -0.25) is 9.59 Å². The fourth-order valence-corrected chi connectivity index (χ4v) is 3.34. The summed E-state index contributed by atoms with van der Waals surface area (Å²) in [6.45, 7) is 5.92. The van der Waals surface area contributed by atoms with E-state index in [1.165, 1.54) is 0 Å². The molecule has 0 saturated carbocycles. The lowest BCUT2D eigenvalue weighted by molar-refractivity contribution is -0.123. The first-order valence-electron chi connectivity index (χ1n) is 9.04. The third-order valence-electron chi connectivity index (χ3n) is 4.57. The van der Waals surface area contributed by atoms with Gasteiger partial charge in [-0.2, -0.15) is 0 Å². The summed E-state index contributed by atoms with van der Waals surface area (Å²) in [4.78, 5) is 24.4. The Bertz CT molecular complexity index is 985. The normalized spacial score (nSPS) is 10.6. The molecule has 4 heteroatoms. The fourth-order valence-electron chi connectivity index (χ4n) is 3.34. The van der Waals surface area contributed by atoms with Gasteiger partial charge < -0.3 is 10.6 Å². The van der Waals surface area contributed by atoms with Crippen LogP contribution in [0.25, 0.3) is 10.8 Å². The third-order valence-corrected chi connectivity index (χ3v) is 4.57. The number of fused-ring (bicyclic) bond motifs is 1. The molecule has 0 unspecified atom stereocenters. The Labute approximate surface area is 159 Å². The highest BCUT2D eigenvalue weighted by molar-refractivity contribution is 5.96. The number of hydrogen-bond donors (Lipinski definition) is 2. The minimum Gasteiger partial charge on any atom is -0.347 e. The van der Waals surface area contributed by atoms with Crippen molar-refractivity contribution in [1.29, 1.82) is 0 Å². The van der Waals surface area contributed by atoms with Gasteiger partial charge >= 0.3 is 0 Å². The molecule has 0 atom stereocenters. The van der Waals surface area contributed by atoms with Crippen molar-refractivity contribution < 1.29 is 9.59 Å². The molecule has 3 aromatic carbocycles. The van der Waals surface area contributed by atoms with Gasteiger partial charge in [0, 0.05) is 5.69 Å². The van der Waals surface area contributed by atoms with E-state index in [2.05, 4.69) is 10.6 Å². The molecule has 2 amide bonds. The monoisotopic (exact) mass is 360 g/mol. The number of carbonyl (C=O) groups excluding carboxylic acids is 2. The van der Waals surface area contributed by atoms with E-state index in [0.29, 0.717) is 0 Å². The lowest BCUT2D eigenvalue weighted by atomic mass is 10.0. The average molecular weight is 360 g/mol. The number of carbonyl (C=O) groups is 2. The quantitative estimate of drug-likeness (QED) is 0.721. The Kier molecular flexibility index (Phi) is 5.55. The summed E-state index contributed by atoms with van der Waals surface area (Å²) in [5.41, 5.74) is 4.93. The number of anilines is 1. The highest BCUT2D eigenvalue weighted by atomic mass is 16.2. The Morgan fingerprint density at radius 2 is 1.48 bits per heavy atom. The number of nitrogens with one attached hydrogen (secondary N) is 2. The largest absolute Gasteiger partial charge is 0.347 e. The number of amides is 2. The Morgan fingerprint density at radius 1 is 0.815 bits per heavy atom. The maximum atomic E-state index is 12.2. The van der Waals surface area contributed by atoms with Crippen LogP contribution in [0.5, 0.6) is 0 Å². The van der Waals surface area contributed by atoms with Crippen molar-refractivity contribution in [3.63, 3.8) is 0 Å². The number of benzene rings is 3. The number of rotatable bonds is 5. The Morgan fingerprint density at radius 3 is 2.19 bits per heavy atom. The molecular weight excluding hydrogens is 336 g/mol. The van der Waals surface area contributed by atoms with Crippen LogP contribution in [-0.2, 0) is 16.0 Å². The second kappa shape index (κ2) is 8.04. The highest BCUT2D eigenvalue weighted by Crippen LogP contribution is 2.21. The van der Waals surface area contributed by atoms with Crippen LogP contribution in [0.15, 0.2) is 54.6 Å². The molecule has 0 aliphatic heterocycles. The second-order valence-corrected chi connectivity index (χ2v) is 6.96. The maximum absolute atomic E-state index is 12.2. The summed E-state index contributed by atoms with van der Waals surface area (Å²) in [7, 11) is 0. The standard InChI is InChI=1S/C23H24N2O2/c1-15-10-16(2)23(17(3)11-15)25-22(27)14-24-21(26)13-18-8-9-19-6-4-5-7-20(19)12-18/h4-12H,13-14H2,1-3H3,(H,24,26)(H,25,27). The predicted molar refractivity (Wildman–Crippen MR) is 110 cm³/mol. The first-order valence-corrected chi connectivity index (χ1v) is 9.04. The smallest absolute Gasteiger partial charge is 0.243 e. The Balaban J connectivity index is 1.56. The molecule has 3 rings (SSSR count). The van der Waals surface area contributed by atoms with E-state index in [0.717, 1.165) is 38.7 Å². The van der Waals surface area contributed by atoms with Crippen LogP contribution >= 0.6 is 0 Å². The minimum absolute atomic E-state index is 0.0425. The summed E-state index contributed by atoms with van der Waals surface area (Å²) in [5, 5.41) is 7.84. The van der Waals surface area contributed by atoms with Crippen molar-refractivity contribution in [2.75, 3.05) is 11.9 Å². The van der Waals surface area contributed by atoms with Crippen LogP contribution in [0.2, 0.25) is 0 Å². The summed E-state index contributed by atoms with van der Waals surface area (Å²) in [6, 6.07) is 18.1. The zero-order valence-electron chi connectivity index (χ0n) is 15.9. The van der Waals surface area contributed by atoms with E-state index >= 15 is 0 Å². The van der Waals surface area contributed by atoms with E-state index in [1.807, 2.05) is 75.4 Å². The SMILES string of the molecule is Cc1cc(C)c(NC(=O)CNC(=O)Cc2ccc3ccccc3c2)c(C)c1. The van der Waals surface area contributed by atoms with Crippen molar-refractivity contribution in [3.05, 3.63) is 76.9 Å². The molecule has 0 aromatic heterocycles. The molecule has 4 nitrogen and oxygen atoms in total. The van der Waals surface area contributed by atoms with Crippen LogP contribution in [-0.4, -0.2) is 18.4 Å². The van der Waals surface area contributed by atoms with E-state index < -0.39 is 0 Å². The molecule has 0 spiro atoms. The predicted octanol–water partition coefficient (Wildman–Crippen LogP) is 4.06. The van der Waals surface area contributed by atoms with Crippen molar-refractivity contribution in [2.45, 2.75) is 27.2 Å². The third kappa shape index (κ3) is 4.73. The van der Waals surface area contributed by atoms with Crippen molar-refractivity contribution in [1.82, 2.24) is 5.32 Å². The molecule has 0 aliphatic carbocycles. The molecule has 0 heterocycles. The molecule has 27 heavy (non-hydrogen) atoms. The molecule has 0 fully saturated rings. The lowest BCUT2D eigenvalue weighted by Gasteiger charge is -2.13. The van der Waals surface area contributed by atoms with Crippen molar-refractivity contribution >= 4 is 28.3 Å². The molecule has 0 saturated heterocycles. The molecule has 138 valence electrons. The summed E-state index contributed by atoms with van der Waals surface area (Å²) in [6.07, 6.45) is 0.251. The fraction of sp³-hybridized carbons (Fsp3) is 0.217. The van der Waals surface area contributed by atoms with E-state index in [1.54, 1.807) is 0 Å². The topological polar surface area (TPSA) is 58.2 Å². The van der Waals surface area contributed by atoms with Crippen LogP contribution in [0.1, 0.15) is 22.3 Å². The van der Waals surface area contributed by atoms with Gasteiger partial charge in [-0.25, -0.2) is 0 Å².